The number of carbonyl (C=O) groups excluding carboxylic acids is 3. The number of nitrogens with one attached hydrogen (secondary N) is 1. The maximum absolute atomic E-state index is 12.5. The molecule has 3 amide bonds. The molecule has 0 radical (unpaired) electrons. The lowest BCUT2D eigenvalue weighted by Crippen LogP contribution is -2.37. The van der Waals surface area contributed by atoms with Crippen molar-refractivity contribution in [2.24, 2.45) is 7.05 Å². The predicted molar refractivity (Wildman–Crippen MR) is 101 cm³/mol. The van der Waals surface area contributed by atoms with E-state index in [1.165, 1.54) is 10.9 Å². The number of carbonyl (C=O) groups is 3. The minimum atomic E-state index is -0.387. The summed E-state index contributed by atoms with van der Waals surface area (Å²) in [6.45, 7) is 0.409. The number of nitrogens with zero attached hydrogens (tertiary/aromatic N) is 3. The average molecular weight is 400 g/mol. The molecule has 144 valence electrons. The van der Waals surface area contributed by atoms with Crippen LogP contribution in [0.25, 0.3) is 6.08 Å². The molecule has 0 saturated carbocycles. The maximum atomic E-state index is 12.5. The third-order valence-electron chi connectivity index (χ3n) is 4.24. The van der Waals surface area contributed by atoms with Gasteiger partial charge in [0.2, 0.25) is 6.79 Å². The molecule has 2 aromatic rings. The summed E-state index contributed by atoms with van der Waals surface area (Å²) >= 11 is 0.869. The van der Waals surface area contributed by atoms with Gasteiger partial charge in [0, 0.05) is 26.3 Å². The summed E-state index contributed by atoms with van der Waals surface area (Å²) in [5.41, 5.74) is 1.14. The summed E-state index contributed by atoms with van der Waals surface area (Å²) < 4.78 is 12.0. The van der Waals surface area contributed by atoms with Crippen LogP contribution in [0, 0.1) is 0 Å². The molecule has 2 aliphatic heterocycles. The van der Waals surface area contributed by atoms with Crippen molar-refractivity contribution in [3.63, 3.8) is 0 Å². The topological polar surface area (TPSA) is 103 Å². The molecule has 0 atom stereocenters. The second-order valence-corrected chi connectivity index (χ2v) is 7.04. The molecule has 0 bridgehead atoms. The van der Waals surface area contributed by atoms with Gasteiger partial charge in [-0.3, -0.25) is 24.0 Å². The third-order valence-corrected chi connectivity index (χ3v) is 5.15. The average Bonchev–Trinajstić information content (AvgIpc) is 3.37. The summed E-state index contributed by atoms with van der Waals surface area (Å²) in [6.07, 6.45) is 3.16. The number of imide groups is 1. The second-order valence-electron chi connectivity index (χ2n) is 6.04. The van der Waals surface area contributed by atoms with Crippen LogP contribution in [-0.4, -0.2) is 51.6 Å². The lowest BCUT2D eigenvalue weighted by molar-refractivity contribution is -0.122. The first-order valence-electron chi connectivity index (χ1n) is 8.44. The molecule has 1 saturated heterocycles. The van der Waals surface area contributed by atoms with Crippen molar-refractivity contribution in [2.75, 3.05) is 19.9 Å². The number of hydrogen-bond acceptors (Lipinski definition) is 7. The Balaban J connectivity index is 1.38. The largest absolute Gasteiger partial charge is 0.454 e. The SMILES string of the molecule is Cn1nccc1C(=O)NCCN1C(=O)S/C(=C/c2ccc3c(c2)OCO3)C1=O. The zero-order valence-corrected chi connectivity index (χ0v) is 15.7. The molecule has 9 nitrogen and oxygen atoms in total. The summed E-state index contributed by atoms with van der Waals surface area (Å²) in [4.78, 5) is 38.2. The molecular formula is C18H16N4O5S. The highest BCUT2D eigenvalue weighted by Gasteiger charge is 2.34. The van der Waals surface area contributed by atoms with Gasteiger partial charge in [-0.2, -0.15) is 5.10 Å². The highest BCUT2D eigenvalue weighted by atomic mass is 32.2. The first-order chi connectivity index (χ1) is 13.5. The molecule has 0 unspecified atom stereocenters. The van der Waals surface area contributed by atoms with E-state index in [0.29, 0.717) is 22.1 Å². The van der Waals surface area contributed by atoms with E-state index in [1.54, 1.807) is 37.4 Å². The third kappa shape index (κ3) is 3.46. The number of fused-ring (bicyclic) bond motifs is 1. The Labute approximate surface area is 164 Å². The van der Waals surface area contributed by atoms with E-state index in [2.05, 4.69) is 10.4 Å². The van der Waals surface area contributed by atoms with Crippen molar-refractivity contribution in [3.8, 4) is 11.5 Å². The van der Waals surface area contributed by atoms with E-state index in [-0.39, 0.29) is 36.9 Å². The summed E-state index contributed by atoms with van der Waals surface area (Å²) in [6, 6.07) is 6.88. The van der Waals surface area contributed by atoms with Crippen LogP contribution in [0.2, 0.25) is 0 Å². The van der Waals surface area contributed by atoms with Crippen LogP contribution < -0.4 is 14.8 Å². The highest BCUT2D eigenvalue weighted by Crippen LogP contribution is 2.36. The van der Waals surface area contributed by atoms with Gasteiger partial charge in [-0.1, -0.05) is 6.07 Å². The zero-order valence-electron chi connectivity index (χ0n) is 14.9. The summed E-state index contributed by atoms with van der Waals surface area (Å²) in [5.74, 6) is 0.547. The lowest BCUT2D eigenvalue weighted by Gasteiger charge is -2.13. The van der Waals surface area contributed by atoms with Gasteiger partial charge in [0.25, 0.3) is 17.1 Å². The van der Waals surface area contributed by atoms with E-state index >= 15 is 0 Å². The van der Waals surface area contributed by atoms with Gasteiger partial charge in [0.15, 0.2) is 11.5 Å². The van der Waals surface area contributed by atoms with Crippen LogP contribution in [0.5, 0.6) is 11.5 Å². The summed E-state index contributed by atoms with van der Waals surface area (Å²) in [7, 11) is 1.66. The van der Waals surface area contributed by atoms with Crippen molar-refractivity contribution >= 4 is 34.9 Å². The first kappa shape index (κ1) is 18.1. The standard InChI is InChI=1S/C18H16N4O5S/c1-21-12(4-5-20-21)16(23)19-6-7-22-17(24)15(28-18(22)25)9-11-2-3-13-14(8-11)27-10-26-13/h2-5,8-9H,6-7,10H2,1H3,(H,19,23)/b15-9+. The van der Waals surface area contributed by atoms with Crippen LogP contribution >= 0.6 is 11.8 Å². The number of thioether (sulfide) groups is 1. The molecule has 4 rings (SSSR count). The van der Waals surface area contributed by atoms with Gasteiger partial charge in [0.1, 0.15) is 5.69 Å². The normalized spacial score (nSPS) is 16.9. The van der Waals surface area contributed by atoms with Crippen LogP contribution in [0.3, 0.4) is 0 Å². The molecule has 28 heavy (non-hydrogen) atoms. The van der Waals surface area contributed by atoms with Gasteiger partial charge >= 0.3 is 0 Å². The van der Waals surface area contributed by atoms with Crippen molar-refractivity contribution < 1.29 is 23.9 Å². The van der Waals surface area contributed by atoms with Gasteiger partial charge in [-0.05, 0) is 41.6 Å². The molecule has 1 N–H and O–H groups in total. The van der Waals surface area contributed by atoms with Crippen LogP contribution in [0.4, 0.5) is 4.79 Å². The van der Waals surface area contributed by atoms with E-state index in [4.69, 9.17) is 9.47 Å². The molecule has 3 heterocycles. The van der Waals surface area contributed by atoms with Gasteiger partial charge < -0.3 is 14.8 Å². The molecule has 0 spiro atoms. The minimum Gasteiger partial charge on any atom is -0.454 e. The Bertz CT molecular complexity index is 1000. The molecule has 10 heteroatoms. The number of aromatic nitrogens is 2. The smallest absolute Gasteiger partial charge is 0.293 e. The van der Waals surface area contributed by atoms with E-state index in [1.807, 2.05) is 0 Å². The molecular weight excluding hydrogens is 384 g/mol. The van der Waals surface area contributed by atoms with Crippen molar-refractivity contribution in [3.05, 3.63) is 46.6 Å². The lowest BCUT2D eigenvalue weighted by atomic mass is 10.2. The van der Waals surface area contributed by atoms with Crippen LogP contribution in [-0.2, 0) is 11.8 Å². The monoisotopic (exact) mass is 400 g/mol. The molecule has 1 aromatic heterocycles. The highest BCUT2D eigenvalue weighted by molar-refractivity contribution is 8.18. The molecule has 0 aliphatic carbocycles. The zero-order chi connectivity index (χ0) is 19.7. The predicted octanol–water partition coefficient (Wildman–Crippen LogP) is 1.62. The fourth-order valence-electron chi connectivity index (χ4n) is 2.82. The maximum Gasteiger partial charge on any atom is 0.293 e. The Kier molecular flexibility index (Phi) is 4.78. The fraction of sp³-hybridized carbons (Fsp3) is 0.222. The van der Waals surface area contributed by atoms with Crippen LogP contribution in [0.15, 0.2) is 35.4 Å². The fourth-order valence-corrected chi connectivity index (χ4v) is 3.68. The van der Waals surface area contributed by atoms with Crippen molar-refractivity contribution in [2.45, 2.75) is 0 Å². The Morgan fingerprint density at radius 3 is 2.89 bits per heavy atom. The van der Waals surface area contributed by atoms with E-state index < -0.39 is 0 Å². The molecule has 1 fully saturated rings. The number of benzene rings is 1. The summed E-state index contributed by atoms with van der Waals surface area (Å²) in [5, 5.41) is 6.24. The number of hydrogen-bond donors (Lipinski definition) is 1. The Morgan fingerprint density at radius 2 is 2.11 bits per heavy atom. The number of ether oxygens (including phenoxy) is 2. The van der Waals surface area contributed by atoms with E-state index in [0.717, 1.165) is 22.2 Å². The first-order valence-corrected chi connectivity index (χ1v) is 9.26. The second kappa shape index (κ2) is 7.39. The van der Waals surface area contributed by atoms with Gasteiger partial charge in [0.05, 0.1) is 4.91 Å². The van der Waals surface area contributed by atoms with Crippen molar-refractivity contribution in [1.29, 1.82) is 0 Å². The van der Waals surface area contributed by atoms with Crippen molar-refractivity contribution in [1.82, 2.24) is 20.0 Å². The van der Waals surface area contributed by atoms with Crippen LogP contribution in [0.1, 0.15) is 16.1 Å². The number of aryl methyl sites for hydroxylation is 1. The molecule has 1 aromatic carbocycles. The number of amides is 3. The molecule has 2 aliphatic rings. The Hall–Kier alpha value is -3.27. The van der Waals surface area contributed by atoms with Gasteiger partial charge in [-0.25, -0.2) is 0 Å². The number of rotatable bonds is 5. The van der Waals surface area contributed by atoms with E-state index in [9.17, 15) is 14.4 Å². The minimum absolute atomic E-state index is 0.0900. The Morgan fingerprint density at radius 1 is 1.29 bits per heavy atom. The quantitative estimate of drug-likeness (QED) is 0.761. The van der Waals surface area contributed by atoms with Gasteiger partial charge in [-0.15, -0.1) is 0 Å².